The zero-order valence-electron chi connectivity index (χ0n) is 14.5. The van der Waals surface area contributed by atoms with Gasteiger partial charge in [0.1, 0.15) is 11.6 Å². The number of carbonyl (C=O) groups excluding carboxylic acids is 1. The van der Waals surface area contributed by atoms with Gasteiger partial charge in [0.15, 0.2) is 5.16 Å². The van der Waals surface area contributed by atoms with Crippen LogP contribution in [0.4, 0.5) is 0 Å². The van der Waals surface area contributed by atoms with Crippen LogP contribution in [0.25, 0.3) is 0 Å². The Labute approximate surface area is 160 Å². The Morgan fingerprint density at radius 1 is 1.38 bits per heavy atom. The third-order valence-corrected chi connectivity index (χ3v) is 6.09. The number of thiophene rings is 1. The van der Waals surface area contributed by atoms with Gasteiger partial charge in [-0.05, 0) is 36.4 Å². The minimum absolute atomic E-state index is 0.0524. The quantitative estimate of drug-likeness (QED) is 0.552. The van der Waals surface area contributed by atoms with E-state index in [1.165, 1.54) is 16.6 Å². The summed E-state index contributed by atoms with van der Waals surface area (Å²) in [4.78, 5) is 15.4. The van der Waals surface area contributed by atoms with E-state index in [-0.39, 0.29) is 5.91 Å². The lowest BCUT2D eigenvalue weighted by atomic mass is 10.3. The predicted molar refractivity (Wildman–Crippen MR) is 101 cm³/mol. The molecule has 6 nitrogen and oxygen atoms in total. The fourth-order valence-electron chi connectivity index (χ4n) is 2.76. The van der Waals surface area contributed by atoms with E-state index in [1.807, 2.05) is 12.1 Å². The molecular formula is C18H20N4O2S2. The molecule has 0 unspecified atom stereocenters. The third-order valence-electron chi connectivity index (χ3n) is 4.28. The summed E-state index contributed by atoms with van der Waals surface area (Å²) in [7, 11) is 1.79. The molecule has 136 valence electrons. The fourth-order valence-corrected chi connectivity index (χ4v) is 4.42. The van der Waals surface area contributed by atoms with Crippen LogP contribution in [0.15, 0.2) is 45.5 Å². The Balaban J connectivity index is 1.40. The van der Waals surface area contributed by atoms with Crippen molar-refractivity contribution in [1.29, 1.82) is 0 Å². The van der Waals surface area contributed by atoms with Crippen LogP contribution in [0, 0.1) is 0 Å². The second kappa shape index (κ2) is 7.67. The van der Waals surface area contributed by atoms with Crippen molar-refractivity contribution in [2.75, 3.05) is 12.8 Å². The molecule has 4 rings (SSSR count). The zero-order valence-corrected chi connectivity index (χ0v) is 16.1. The topological polar surface area (TPSA) is 64.2 Å². The number of thioether (sulfide) groups is 1. The van der Waals surface area contributed by atoms with Gasteiger partial charge in [0.25, 0.3) is 0 Å². The van der Waals surface area contributed by atoms with E-state index in [9.17, 15) is 4.79 Å². The fraction of sp³-hybridized carbons (Fsp3) is 0.389. The molecule has 1 saturated carbocycles. The molecule has 0 radical (unpaired) electrons. The van der Waals surface area contributed by atoms with Crippen LogP contribution in [0.1, 0.15) is 35.3 Å². The van der Waals surface area contributed by atoms with Crippen LogP contribution < -0.4 is 0 Å². The Bertz CT molecular complexity index is 854. The summed E-state index contributed by atoms with van der Waals surface area (Å²) in [6.45, 7) is 0.478. The van der Waals surface area contributed by atoms with Gasteiger partial charge in [-0.1, -0.05) is 17.8 Å². The predicted octanol–water partition coefficient (Wildman–Crippen LogP) is 3.61. The van der Waals surface area contributed by atoms with E-state index in [4.69, 9.17) is 4.42 Å². The third kappa shape index (κ3) is 4.02. The molecule has 1 aliphatic rings. The number of carbonyl (C=O) groups is 1. The zero-order chi connectivity index (χ0) is 17.9. The largest absolute Gasteiger partial charge is 0.467 e. The van der Waals surface area contributed by atoms with Crippen LogP contribution in [0.5, 0.6) is 0 Å². The molecule has 0 spiro atoms. The van der Waals surface area contributed by atoms with E-state index >= 15 is 0 Å². The molecule has 3 aromatic heterocycles. The summed E-state index contributed by atoms with van der Waals surface area (Å²) in [6, 6.07) is 8.36. The van der Waals surface area contributed by atoms with Gasteiger partial charge < -0.3 is 13.9 Å². The number of hydrogen-bond donors (Lipinski definition) is 0. The van der Waals surface area contributed by atoms with Gasteiger partial charge in [0.2, 0.25) is 5.91 Å². The Morgan fingerprint density at radius 2 is 2.27 bits per heavy atom. The molecule has 0 aromatic carbocycles. The van der Waals surface area contributed by atoms with Gasteiger partial charge in [-0.25, -0.2) is 0 Å². The first-order valence-electron chi connectivity index (χ1n) is 8.56. The van der Waals surface area contributed by atoms with Crippen LogP contribution >= 0.6 is 23.1 Å². The number of aromatic nitrogens is 3. The van der Waals surface area contributed by atoms with Crippen LogP contribution in [-0.4, -0.2) is 38.4 Å². The molecule has 1 aliphatic carbocycles. The monoisotopic (exact) mass is 388 g/mol. The van der Waals surface area contributed by atoms with Gasteiger partial charge in [-0.3, -0.25) is 4.79 Å². The van der Waals surface area contributed by atoms with Crippen molar-refractivity contribution >= 4 is 29.0 Å². The van der Waals surface area contributed by atoms with Crippen molar-refractivity contribution in [3.05, 3.63) is 52.4 Å². The van der Waals surface area contributed by atoms with E-state index in [0.29, 0.717) is 18.3 Å². The van der Waals surface area contributed by atoms with Crippen LogP contribution in [0.2, 0.25) is 0 Å². The number of rotatable bonds is 8. The first-order chi connectivity index (χ1) is 12.7. The highest BCUT2D eigenvalue weighted by molar-refractivity contribution is 7.99. The molecule has 1 fully saturated rings. The van der Waals surface area contributed by atoms with Crippen LogP contribution in [0.3, 0.4) is 0 Å². The van der Waals surface area contributed by atoms with Crippen molar-refractivity contribution < 1.29 is 9.21 Å². The van der Waals surface area contributed by atoms with Gasteiger partial charge in [0.05, 0.1) is 18.6 Å². The molecule has 0 aliphatic heterocycles. The summed E-state index contributed by atoms with van der Waals surface area (Å²) in [6.07, 6.45) is 4.74. The Hall–Kier alpha value is -2.06. The molecule has 0 saturated heterocycles. The summed E-state index contributed by atoms with van der Waals surface area (Å²) in [5, 5.41) is 11.7. The molecule has 26 heavy (non-hydrogen) atoms. The van der Waals surface area contributed by atoms with Gasteiger partial charge in [-0.2, -0.15) is 0 Å². The average Bonchev–Trinajstić information content (AvgIpc) is 3.06. The maximum absolute atomic E-state index is 12.4. The summed E-state index contributed by atoms with van der Waals surface area (Å²) in [5.41, 5.74) is 0. The van der Waals surface area contributed by atoms with Crippen molar-refractivity contribution in [2.45, 2.75) is 37.0 Å². The standard InChI is InChI=1S/C18H20N4O2S2/c1-21(11-14-4-2-8-24-14)17(23)12-26-18-20-19-16(22(18)13-6-7-13)10-15-5-3-9-25-15/h2-5,8-9,13H,6-7,10-12H2,1H3. The van der Waals surface area contributed by atoms with Crippen molar-refractivity contribution in [1.82, 2.24) is 19.7 Å². The minimum Gasteiger partial charge on any atom is -0.467 e. The first-order valence-corrected chi connectivity index (χ1v) is 10.4. The number of furan rings is 1. The Kier molecular flexibility index (Phi) is 5.12. The van der Waals surface area contributed by atoms with Gasteiger partial charge >= 0.3 is 0 Å². The summed E-state index contributed by atoms with van der Waals surface area (Å²) >= 11 is 3.20. The van der Waals surface area contributed by atoms with Crippen molar-refractivity contribution in [3.63, 3.8) is 0 Å². The number of amides is 1. The maximum Gasteiger partial charge on any atom is 0.233 e. The van der Waals surface area contributed by atoms with E-state index in [0.717, 1.165) is 36.0 Å². The molecule has 0 N–H and O–H groups in total. The lowest BCUT2D eigenvalue weighted by Crippen LogP contribution is -2.27. The highest BCUT2D eigenvalue weighted by atomic mass is 32.2. The van der Waals surface area contributed by atoms with Gasteiger partial charge in [-0.15, -0.1) is 21.5 Å². The summed E-state index contributed by atoms with van der Waals surface area (Å²) < 4.78 is 7.53. The summed E-state index contributed by atoms with van der Waals surface area (Å²) in [5.74, 6) is 2.18. The van der Waals surface area contributed by atoms with E-state index in [1.54, 1.807) is 29.5 Å². The average molecular weight is 389 g/mol. The second-order valence-corrected chi connectivity index (χ2v) is 8.35. The highest BCUT2D eigenvalue weighted by Gasteiger charge is 2.30. The minimum atomic E-state index is 0.0524. The normalized spacial score (nSPS) is 13.9. The van der Waals surface area contributed by atoms with E-state index in [2.05, 4.69) is 32.3 Å². The molecule has 8 heteroatoms. The van der Waals surface area contributed by atoms with Crippen LogP contribution in [-0.2, 0) is 17.8 Å². The van der Waals surface area contributed by atoms with Gasteiger partial charge in [0, 0.05) is 24.4 Å². The SMILES string of the molecule is CN(Cc1ccco1)C(=O)CSc1nnc(Cc2cccs2)n1C1CC1. The molecule has 3 heterocycles. The van der Waals surface area contributed by atoms with Crippen molar-refractivity contribution in [3.8, 4) is 0 Å². The van der Waals surface area contributed by atoms with E-state index < -0.39 is 0 Å². The first kappa shape index (κ1) is 17.4. The Morgan fingerprint density at radius 3 is 2.96 bits per heavy atom. The molecule has 1 amide bonds. The lowest BCUT2D eigenvalue weighted by Gasteiger charge is -2.15. The molecule has 3 aromatic rings. The molecular weight excluding hydrogens is 368 g/mol. The smallest absolute Gasteiger partial charge is 0.233 e. The molecule has 0 bridgehead atoms. The maximum atomic E-state index is 12.4. The number of nitrogens with zero attached hydrogens (tertiary/aromatic N) is 4. The number of hydrogen-bond acceptors (Lipinski definition) is 6. The molecule has 0 atom stereocenters. The second-order valence-electron chi connectivity index (χ2n) is 6.37. The highest BCUT2D eigenvalue weighted by Crippen LogP contribution is 2.39. The lowest BCUT2D eigenvalue weighted by molar-refractivity contribution is -0.127. The van der Waals surface area contributed by atoms with Crippen molar-refractivity contribution in [2.24, 2.45) is 0 Å².